The van der Waals surface area contributed by atoms with Gasteiger partial charge in [0.05, 0.1) is 23.9 Å². The zero-order valence-corrected chi connectivity index (χ0v) is 16.2. The number of likely N-dealkylation sites (tertiary alicyclic amines) is 1. The molecule has 0 aliphatic carbocycles. The molecule has 1 amide bonds. The molecule has 3 rings (SSSR count). The van der Waals surface area contributed by atoms with Crippen molar-refractivity contribution in [2.24, 2.45) is 5.73 Å². The number of carbonyl (C=O) groups is 1. The normalized spacial score (nSPS) is 20.0. The number of rotatable bonds is 4. The van der Waals surface area contributed by atoms with Crippen LogP contribution in [-0.4, -0.2) is 57.3 Å². The molecule has 9 heteroatoms. The Morgan fingerprint density at radius 2 is 1.92 bits per heavy atom. The molecule has 0 saturated carbocycles. The minimum atomic E-state index is -3.57. The Kier molecular flexibility index (Phi) is 7.14. The maximum atomic E-state index is 12.6. The number of hydrogen-bond donors (Lipinski definition) is 1. The zero-order chi connectivity index (χ0) is 17.9. The van der Waals surface area contributed by atoms with E-state index in [1.807, 2.05) is 0 Å². The van der Waals surface area contributed by atoms with Gasteiger partial charge in [-0.05, 0) is 25.0 Å². The fourth-order valence-electron chi connectivity index (χ4n) is 3.07. The van der Waals surface area contributed by atoms with Crippen molar-refractivity contribution in [3.05, 3.63) is 18.2 Å². The maximum Gasteiger partial charge on any atom is 0.223 e. The van der Waals surface area contributed by atoms with Gasteiger partial charge in [-0.15, -0.1) is 12.4 Å². The smallest absolute Gasteiger partial charge is 0.223 e. The lowest BCUT2D eigenvalue weighted by atomic mass is 10.1. The molecule has 2 N–H and O–H groups in total. The zero-order valence-electron chi connectivity index (χ0n) is 14.6. The Morgan fingerprint density at radius 1 is 1.19 bits per heavy atom. The second-order valence-corrected chi connectivity index (χ2v) is 8.58. The molecule has 2 heterocycles. The van der Waals surface area contributed by atoms with Crippen LogP contribution in [0.5, 0.6) is 11.5 Å². The molecule has 7 nitrogen and oxygen atoms in total. The summed E-state index contributed by atoms with van der Waals surface area (Å²) in [6.45, 7) is 2.19. The lowest BCUT2D eigenvalue weighted by Crippen LogP contribution is -2.46. The molecule has 1 saturated heterocycles. The summed E-state index contributed by atoms with van der Waals surface area (Å²) in [5, 5.41) is 0. The number of nitrogens with two attached hydrogens (primary N) is 1. The fraction of sp³-hybridized carbons (Fsp3) is 0.588. The van der Waals surface area contributed by atoms with Crippen LogP contribution in [0, 0.1) is 0 Å². The van der Waals surface area contributed by atoms with Crippen LogP contribution in [-0.2, 0) is 14.6 Å². The van der Waals surface area contributed by atoms with E-state index in [0.717, 1.165) is 19.3 Å². The topological polar surface area (TPSA) is 98.9 Å². The van der Waals surface area contributed by atoms with Crippen molar-refractivity contribution in [1.82, 2.24) is 4.90 Å². The second kappa shape index (κ2) is 8.92. The summed E-state index contributed by atoms with van der Waals surface area (Å²) in [5.41, 5.74) is 5.88. The van der Waals surface area contributed by atoms with E-state index < -0.39 is 9.84 Å². The Hall–Kier alpha value is -1.51. The fourth-order valence-corrected chi connectivity index (χ4v) is 4.31. The number of halogens is 1. The van der Waals surface area contributed by atoms with Crippen LogP contribution in [0.3, 0.4) is 0 Å². The van der Waals surface area contributed by atoms with Crippen molar-refractivity contribution in [3.63, 3.8) is 0 Å². The Labute approximate surface area is 160 Å². The average molecular weight is 405 g/mol. The minimum Gasteiger partial charge on any atom is -0.490 e. The van der Waals surface area contributed by atoms with Gasteiger partial charge in [0.2, 0.25) is 5.91 Å². The molecule has 1 fully saturated rings. The first-order valence-corrected chi connectivity index (χ1v) is 10.3. The van der Waals surface area contributed by atoms with E-state index in [4.69, 9.17) is 15.2 Å². The molecule has 146 valence electrons. The van der Waals surface area contributed by atoms with Crippen LogP contribution in [0.2, 0.25) is 0 Å². The van der Waals surface area contributed by atoms with Crippen LogP contribution < -0.4 is 15.2 Å². The first kappa shape index (κ1) is 20.8. The van der Waals surface area contributed by atoms with Gasteiger partial charge >= 0.3 is 0 Å². The highest BCUT2D eigenvalue weighted by Gasteiger charge is 2.24. The number of sulfone groups is 1. The number of hydrogen-bond acceptors (Lipinski definition) is 6. The Bertz CT molecular complexity index is 741. The molecule has 2 aliphatic rings. The summed E-state index contributed by atoms with van der Waals surface area (Å²) in [6.07, 6.45) is 2.48. The monoisotopic (exact) mass is 404 g/mol. The van der Waals surface area contributed by atoms with Crippen molar-refractivity contribution in [1.29, 1.82) is 0 Å². The van der Waals surface area contributed by atoms with Crippen LogP contribution in [0.1, 0.15) is 25.7 Å². The molecule has 26 heavy (non-hydrogen) atoms. The largest absolute Gasteiger partial charge is 0.490 e. The van der Waals surface area contributed by atoms with E-state index in [1.165, 1.54) is 12.1 Å². The standard InChI is InChI=1S/C17H24N2O5S.ClH/c18-13-3-1-7-19(12-13)17(20)6-10-25(21,22)14-4-5-15-16(11-14)24-9-2-8-23-15;/h4-5,11,13H,1-3,6-10,12,18H2;1H. The Morgan fingerprint density at radius 3 is 2.65 bits per heavy atom. The highest BCUT2D eigenvalue weighted by molar-refractivity contribution is 7.91. The van der Waals surface area contributed by atoms with E-state index in [2.05, 4.69) is 0 Å². The van der Waals surface area contributed by atoms with E-state index in [1.54, 1.807) is 11.0 Å². The third-order valence-electron chi connectivity index (χ3n) is 4.47. The molecule has 2 aliphatic heterocycles. The molecule has 0 radical (unpaired) electrons. The molecule has 0 spiro atoms. The summed E-state index contributed by atoms with van der Waals surface area (Å²) in [4.78, 5) is 14.1. The van der Waals surface area contributed by atoms with Gasteiger partial charge in [-0.25, -0.2) is 8.42 Å². The molecule has 1 aromatic rings. The van der Waals surface area contributed by atoms with E-state index in [-0.39, 0.29) is 41.4 Å². The highest BCUT2D eigenvalue weighted by Crippen LogP contribution is 2.32. The van der Waals surface area contributed by atoms with Gasteiger partial charge in [-0.2, -0.15) is 0 Å². The average Bonchev–Trinajstić information content (AvgIpc) is 2.84. The quantitative estimate of drug-likeness (QED) is 0.813. The highest BCUT2D eigenvalue weighted by atomic mass is 35.5. The Balaban J connectivity index is 0.00000243. The van der Waals surface area contributed by atoms with E-state index in [9.17, 15) is 13.2 Å². The maximum absolute atomic E-state index is 12.6. The molecule has 1 atom stereocenters. The van der Waals surface area contributed by atoms with Crippen molar-refractivity contribution in [3.8, 4) is 11.5 Å². The molecular weight excluding hydrogens is 380 g/mol. The first-order chi connectivity index (χ1) is 12.0. The first-order valence-electron chi connectivity index (χ1n) is 8.61. The van der Waals surface area contributed by atoms with Crippen LogP contribution in [0.25, 0.3) is 0 Å². The lowest BCUT2D eigenvalue weighted by Gasteiger charge is -2.30. The lowest BCUT2D eigenvalue weighted by molar-refractivity contribution is -0.131. The molecule has 1 aromatic carbocycles. The number of carbonyl (C=O) groups excluding carboxylic acids is 1. The number of fused-ring (bicyclic) bond motifs is 1. The summed E-state index contributed by atoms with van der Waals surface area (Å²) >= 11 is 0. The van der Waals surface area contributed by atoms with Gasteiger partial charge in [0, 0.05) is 38.0 Å². The van der Waals surface area contributed by atoms with E-state index >= 15 is 0 Å². The minimum absolute atomic E-state index is 0. The van der Waals surface area contributed by atoms with Crippen LogP contribution in [0.4, 0.5) is 0 Å². The van der Waals surface area contributed by atoms with Crippen molar-refractivity contribution in [2.75, 3.05) is 32.1 Å². The summed E-state index contributed by atoms with van der Waals surface area (Å²) in [6, 6.07) is 4.58. The van der Waals surface area contributed by atoms with Gasteiger partial charge in [0.15, 0.2) is 21.3 Å². The number of benzene rings is 1. The third kappa shape index (κ3) is 5.02. The van der Waals surface area contributed by atoms with Gasteiger partial charge in [0.1, 0.15) is 0 Å². The summed E-state index contributed by atoms with van der Waals surface area (Å²) in [5.74, 6) is 0.604. The SMILES string of the molecule is Cl.NC1CCCN(C(=O)CCS(=O)(=O)c2ccc3c(c2)OCCCO3)C1. The second-order valence-electron chi connectivity index (χ2n) is 6.47. The van der Waals surface area contributed by atoms with Crippen molar-refractivity contribution >= 4 is 28.2 Å². The predicted molar refractivity (Wildman–Crippen MR) is 99.8 cm³/mol. The molecule has 1 unspecified atom stereocenters. The number of amides is 1. The third-order valence-corrected chi connectivity index (χ3v) is 6.19. The summed E-state index contributed by atoms with van der Waals surface area (Å²) in [7, 11) is -3.57. The van der Waals surface area contributed by atoms with Gasteiger partial charge in [-0.3, -0.25) is 4.79 Å². The van der Waals surface area contributed by atoms with Gasteiger partial charge < -0.3 is 20.1 Å². The van der Waals surface area contributed by atoms with Crippen molar-refractivity contribution < 1.29 is 22.7 Å². The van der Waals surface area contributed by atoms with Gasteiger partial charge in [-0.1, -0.05) is 0 Å². The predicted octanol–water partition coefficient (Wildman–Crippen LogP) is 1.38. The molecule has 0 bridgehead atoms. The number of nitrogens with zero attached hydrogens (tertiary/aromatic N) is 1. The number of ether oxygens (including phenoxy) is 2. The van der Waals surface area contributed by atoms with Crippen LogP contribution in [0.15, 0.2) is 23.1 Å². The summed E-state index contributed by atoms with van der Waals surface area (Å²) < 4.78 is 36.2. The van der Waals surface area contributed by atoms with Gasteiger partial charge in [0.25, 0.3) is 0 Å². The van der Waals surface area contributed by atoms with Crippen LogP contribution >= 0.6 is 12.4 Å². The molecule has 0 aromatic heterocycles. The van der Waals surface area contributed by atoms with Crippen molar-refractivity contribution in [2.45, 2.75) is 36.6 Å². The molecular formula is C17H25ClN2O5S. The van der Waals surface area contributed by atoms with E-state index in [0.29, 0.717) is 37.8 Å². The number of piperidine rings is 1.